The van der Waals surface area contributed by atoms with Crippen LogP contribution in [0.1, 0.15) is 11.1 Å². The summed E-state index contributed by atoms with van der Waals surface area (Å²) < 4.78 is 5.85. The molecule has 0 atom stereocenters. The van der Waals surface area contributed by atoms with E-state index in [-0.39, 0.29) is 5.43 Å². The topological polar surface area (TPSA) is 30.2 Å². The Morgan fingerprint density at radius 3 is 2.40 bits per heavy atom. The Hall–Kier alpha value is -2.06. The molecule has 20 heavy (non-hydrogen) atoms. The second-order valence-corrected chi connectivity index (χ2v) is 5.35. The average molecular weight is 285 g/mol. The van der Waals surface area contributed by atoms with Crippen molar-refractivity contribution in [2.24, 2.45) is 0 Å². The molecule has 0 fully saturated rings. The molecule has 2 aromatic carbocycles. The third kappa shape index (κ3) is 2.23. The monoisotopic (exact) mass is 284 g/mol. The van der Waals surface area contributed by atoms with Crippen LogP contribution in [-0.2, 0) is 0 Å². The lowest BCUT2D eigenvalue weighted by Crippen LogP contribution is -2.00. The summed E-state index contributed by atoms with van der Waals surface area (Å²) in [6.45, 7) is 3.91. The number of benzene rings is 2. The molecule has 3 rings (SSSR count). The van der Waals surface area contributed by atoms with Gasteiger partial charge >= 0.3 is 0 Å². The van der Waals surface area contributed by atoms with Gasteiger partial charge in [-0.2, -0.15) is 0 Å². The van der Waals surface area contributed by atoms with E-state index >= 15 is 0 Å². The van der Waals surface area contributed by atoms with Crippen molar-refractivity contribution in [3.8, 4) is 11.3 Å². The first kappa shape index (κ1) is 12.9. The predicted molar refractivity (Wildman–Crippen MR) is 82.4 cm³/mol. The normalized spacial score (nSPS) is 10.9. The molecule has 3 heteroatoms. The summed E-state index contributed by atoms with van der Waals surface area (Å²) in [6, 6.07) is 12.9. The molecular formula is C17H13ClO2. The van der Waals surface area contributed by atoms with E-state index in [1.165, 1.54) is 11.6 Å². The Balaban J connectivity index is 2.26. The Morgan fingerprint density at radius 1 is 1.00 bits per heavy atom. The van der Waals surface area contributed by atoms with Gasteiger partial charge in [-0.05, 0) is 31.5 Å². The summed E-state index contributed by atoms with van der Waals surface area (Å²) in [5, 5.41) is 1.09. The minimum absolute atomic E-state index is 0.0799. The van der Waals surface area contributed by atoms with E-state index < -0.39 is 0 Å². The summed E-state index contributed by atoms with van der Waals surface area (Å²) in [5.74, 6) is 0.573. The Morgan fingerprint density at radius 2 is 1.70 bits per heavy atom. The molecule has 0 saturated heterocycles. The van der Waals surface area contributed by atoms with Gasteiger partial charge in [0.15, 0.2) is 5.43 Å². The number of fused-ring (bicyclic) bond motifs is 1. The first-order chi connectivity index (χ1) is 9.54. The second-order valence-electron chi connectivity index (χ2n) is 4.94. The fourth-order valence-corrected chi connectivity index (χ4v) is 2.30. The molecule has 1 aromatic heterocycles. The average Bonchev–Trinajstić information content (AvgIpc) is 2.42. The zero-order chi connectivity index (χ0) is 14.3. The first-order valence-electron chi connectivity index (χ1n) is 6.35. The fourth-order valence-electron chi connectivity index (χ4n) is 2.14. The number of hydrogen-bond donors (Lipinski definition) is 0. The van der Waals surface area contributed by atoms with Crippen LogP contribution < -0.4 is 5.43 Å². The highest BCUT2D eigenvalue weighted by Crippen LogP contribution is 2.26. The van der Waals surface area contributed by atoms with Crippen LogP contribution in [0.25, 0.3) is 22.3 Å². The van der Waals surface area contributed by atoms with Crippen molar-refractivity contribution in [3.63, 3.8) is 0 Å². The first-order valence-corrected chi connectivity index (χ1v) is 6.73. The van der Waals surface area contributed by atoms with Crippen molar-refractivity contribution in [1.82, 2.24) is 0 Å². The van der Waals surface area contributed by atoms with Crippen LogP contribution in [0.5, 0.6) is 0 Å². The highest BCUT2D eigenvalue weighted by Gasteiger charge is 2.09. The predicted octanol–water partition coefficient (Wildman–Crippen LogP) is 4.73. The minimum Gasteiger partial charge on any atom is -0.456 e. The van der Waals surface area contributed by atoms with Gasteiger partial charge in [0, 0.05) is 16.7 Å². The zero-order valence-corrected chi connectivity index (χ0v) is 12.0. The molecule has 0 radical (unpaired) electrons. The molecule has 0 aliphatic rings. The largest absolute Gasteiger partial charge is 0.456 e. The second kappa shape index (κ2) is 4.80. The van der Waals surface area contributed by atoms with Gasteiger partial charge in [-0.15, -0.1) is 0 Å². The van der Waals surface area contributed by atoms with E-state index in [4.69, 9.17) is 16.0 Å². The summed E-state index contributed by atoms with van der Waals surface area (Å²) >= 11 is 6.05. The quantitative estimate of drug-likeness (QED) is 0.646. The van der Waals surface area contributed by atoms with Gasteiger partial charge in [-0.1, -0.05) is 41.4 Å². The van der Waals surface area contributed by atoms with Crippen LogP contribution in [-0.4, -0.2) is 0 Å². The molecule has 0 N–H and O–H groups in total. The van der Waals surface area contributed by atoms with Gasteiger partial charge in [-0.3, -0.25) is 4.79 Å². The molecule has 0 amide bonds. The third-order valence-corrected chi connectivity index (χ3v) is 3.75. The van der Waals surface area contributed by atoms with Crippen LogP contribution in [0.2, 0.25) is 5.02 Å². The van der Waals surface area contributed by atoms with E-state index in [2.05, 4.69) is 0 Å². The molecule has 100 valence electrons. The maximum atomic E-state index is 12.2. The fraction of sp³-hybridized carbons (Fsp3) is 0.118. The van der Waals surface area contributed by atoms with Crippen molar-refractivity contribution in [3.05, 3.63) is 68.8 Å². The van der Waals surface area contributed by atoms with Crippen LogP contribution >= 0.6 is 11.6 Å². The number of aryl methyl sites for hydroxylation is 2. The lowest BCUT2D eigenvalue weighted by atomic mass is 10.1. The van der Waals surface area contributed by atoms with Gasteiger partial charge < -0.3 is 4.42 Å². The van der Waals surface area contributed by atoms with E-state index in [1.54, 1.807) is 12.1 Å². The lowest BCUT2D eigenvalue weighted by Gasteiger charge is -2.05. The molecule has 3 aromatic rings. The van der Waals surface area contributed by atoms with E-state index in [0.717, 1.165) is 11.1 Å². The molecule has 0 aliphatic heterocycles. The molecule has 0 saturated carbocycles. The summed E-state index contributed by atoms with van der Waals surface area (Å²) in [5.41, 5.74) is 3.43. The summed E-state index contributed by atoms with van der Waals surface area (Å²) in [7, 11) is 0. The van der Waals surface area contributed by atoms with Gasteiger partial charge in [-0.25, -0.2) is 0 Å². The van der Waals surface area contributed by atoms with Crippen LogP contribution in [0.3, 0.4) is 0 Å². The molecule has 2 nitrogen and oxygen atoms in total. The smallest absolute Gasteiger partial charge is 0.193 e. The van der Waals surface area contributed by atoms with E-state index in [0.29, 0.717) is 21.8 Å². The molecule has 0 aliphatic carbocycles. The minimum atomic E-state index is -0.0799. The molecule has 0 unspecified atom stereocenters. The molecule has 0 bridgehead atoms. The Bertz CT molecular complexity index is 845. The van der Waals surface area contributed by atoms with Crippen molar-refractivity contribution >= 4 is 22.6 Å². The van der Waals surface area contributed by atoms with Gasteiger partial charge in [0.05, 0.1) is 5.39 Å². The van der Waals surface area contributed by atoms with Crippen LogP contribution in [0.15, 0.2) is 51.7 Å². The van der Waals surface area contributed by atoms with Crippen molar-refractivity contribution in [1.29, 1.82) is 0 Å². The standard InChI is InChI=1S/C17H13ClO2/c1-10-3-5-12(6-4-10)16-9-15(19)13-8-14(18)11(2)7-17(13)20-16/h3-9H,1-2H3. The molecule has 0 spiro atoms. The van der Waals surface area contributed by atoms with Crippen molar-refractivity contribution < 1.29 is 4.42 Å². The Labute approximate surface area is 121 Å². The maximum absolute atomic E-state index is 12.2. The lowest BCUT2D eigenvalue weighted by molar-refractivity contribution is 0.618. The third-order valence-electron chi connectivity index (χ3n) is 3.34. The van der Waals surface area contributed by atoms with Crippen LogP contribution in [0, 0.1) is 13.8 Å². The summed E-state index contributed by atoms with van der Waals surface area (Å²) in [4.78, 5) is 12.2. The highest BCUT2D eigenvalue weighted by atomic mass is 35.5. The number of rotatable bonds is 1. The summed E-state index contributed by atoms with van der Waals surface area (Å²) in [6.07, 6.45) is 0. The maximum Gasteiger partial charge on any atom is 0.193 e. The molecular weight excluding hydrogens is 272 g/mol. The number of halogens is 1. The van der Waals surface area contributed by atoms with Gasteiger partial charge in [0.25, 0.3) is 0 Å². The van der Waals surface area contributed by atoms with E-state index in [9.17, 15) is 4.79 Å². The van der Waals surface area contributed by atoms with Crippen LogP contribution in [0.4, 0.5) is 0 Å². The molecule has 1 heterocycles. The van der Waals surface area contributed by atoms with E-state index in [1.807, 2.05) is 38.1 Å². The van der Waals surface area contributed by atoms with Gasteiger partial charge in [0.2, 0.25) is 0 Å². The SMILES string of the molecule is Cc1ccc(-c2cc(=O)c3cc(Cl)c(C)cc3o2)cc1. The van der Waals surface area contributed by atoms with Crippen molar-refractivity contribution in [2.75, 3.05) is 0 Å². The van der Waals surface area contributed by atoms with Crippen molar-refractivity contribution in [2.45, 2.75) is 13.8 Å². The zero-order valence-electron chi connectivity index (χ0n) is 11.2. The number of hydrogen-bond acceptors (Lipinski definition) is 2. The Kier molecular flexibility index (Phi) is 3.11. The van der Waals surface area contributed by atoms with Gasteiger partial charge in [0.1, 0.15) is 11.3 Å². The highest BCUT2D eigenvalue weighted by molar-refractivity contribution is 6.32.